The number of aliphatic hydroxyl groups is 1. The maximum atomic E-state index is 10.8. The molecule has 0 amide bonds. The number of aliphatic hydroxyl groups excluding tert-OH is 1. The first kappa shape index (κ1) is 13.6. The predicted octanol–water partition coefficient (Wildman–Crippen LogP) is 2.67. The summed E-state index contributed by atoms with van der Waals surface area (Å²) in [5.41, 5.74) is 6.69. The number of ether oxygens (including phenoxy) is 1. The minimum absolute atomic E-state index is 0.402. The van der Waals surface area contributed by atoms with Crippen LogP contribution in [0.4, 0.5) is 0 Å². The topological polar surface area (TPSA) is 55.5 Å². The maximum absolute atomic E-state index is 10.8. The van der Waals surface area contributed by atoms with Crippen molar-refractivity contribution in [1.29, 1.82) is 0 Å². The summed E-state index contributed by atoms with van der Waals surface area (Å²) in [6.07, 6.45) is 0.164. The molecule has 3 N–H and O–H groups in total. The molecule has 3 rings (SSSR count). The first-order chi connectivity index (χ1) is 9.64. The van der Waals surface area contributed by atoms with E-state index in [1.54, 1.807) is 11.3 Å². The van der Waals surface area contributed by atoms with Crippen LogP contribution in [0.25, 0.3) is 0 Å². The fraction of sp³-hybridized carbons (Fsp3) is 0.375. The van der Waals surface area contributed by atoms with Crippen molar-refractivity contribution in [2.45, 2.75) is 19.4 Å². The summed E-state index contributed by atoms with van der Waals surface area (Å²) < 4.78 is 5.84. The Bertz CT molecular complexity index is 610. The highest BCUT2D eigenvalue weighted by Gasteiger charge is 2.42. The molecule has 1 aromatic carbocycles. The minimum atomic E-state index is -0.584. The van der Waals surface area contributed by atoms with Gasteiger partial charge >= 0.3 is 0 Å². The lowest BCUT2D eigenvalue weighted by Gasteiger charge is -2.40. The van der Waals surface area contributed by atoms with Crippen molar-refractivity contribution in [2.75, 3.05) is 13.2 Å². The molecule has 106 valence electrons. The van der Waals surface area contributed by atoms with E-state index in [4.69, 9.17) is 10.5 Å². The van der Waals surface area contributed by atoms with Gasteiger partial charge in [0, 0.05) is 16.3 Å². The van der Waals surface area contributed by atoms with Gasteiger partial charge in [0.1, 0.15) is 5.75 Å². The van der Waals surface area contributed by atoms with E-state index in [1.165, 1.54) is 4.88 Å². The molecule has 0 aliphatic carbocycles. The molecule has 0 fully saturated rings. The second-order valence-corrected chi connectivity index (χ2v) is 6.81. The lowest BCUT2D eigenvalue weighted by Crippen LogP contribution is -2.45. The van der Waals surface area contributed by atoms with Gasteiger partial charge < -0.3 is 15.6 Å². The van der Waals surface area contributed by atoms with E-state index in [0.717, 1.165) is 22.6 Å². The second kappa shape index (κ2) is 5.20. The van der Waals surface area contributed by atoms with Crippen molar-refractivity contribution in [3.63, 3.8) is 0 Å². The maximum Gasteiger partial charge on any atom is 0.122 e. The summed E-state index contributed by atoms with van der Waals surface area (Å²) in [5.74, 6) is 0.908. The molecule has 4 heteroatoms. The zero-order valence-corrected chi connectivity index (χ0v) is 12.3. The second-order valence-electron chi connectivity index (χ2n) is 5.49. The Kier molecular flexibility index (Phi) is 3.54. The molecule has 2 heterocycles. The van der Waals surface area contributed by atoms with Gasteiger partial charge in [-0.1, -0.05) is 18.2 Å². The van der Waals surface area contributed by atoms with E-state index in [1.807, 2.05) is 43.3 Å². The summed E-state index contributed by atoms with van der Waals surface area (Å²) in [5, 5.41) is 10.8. The van der Waals surface area contributed by atoms with Crippen molar-refractivity contribution in [3.8, 4) is 5.75 Å². The minimum Gasteiger partial charge on any atom is -0.493 e. The smallest absolute Gasteiger partial charge is 0.122 e. The highest BCUT2D eigenvalue weighted by molar-refractivity contribution is 7.12. The van der Waals surface area contributed by atoms with E-state index in [-0.39, 0.29) is 0 Å². The molecule has 2 aromatic rings. The number of benzene rings is 1. The molecular weight excluding hydrogens is 270 g/mol. The first-order valence-electron chi connectivity index (χ1n) is 6.80. The van der Waals surface area contributed by atoms with E-state index >= 15 is 0 Å². The molecule has 0 radical (unpaired) electrons. The van der Waals surface area contributed by atoms with Gasteiger partial charge in [0.15, 0.2) is 0 Å². The molecular formula is C16H19NO2S. The Morgan fingerprint density at radius 1 is 1.35 bits per heavy atom. The van der Waals surface area contributed by atoms with Gasteiger partial charge in [-0.3, -0.25) is 0 Å². The number of aryl methyl sites for hydroxylation is 1. The van der Waals surface area contributed by atoms with Gasteiger partial charge in [-0.05, 0) is 37.1 Å². The largest absolute Gasteiger partial charge is 0.493 e. The zero-order chi connectivity index (χ0) is 14.2. The van der Waals surface area contributed by atoms with Gasteiger partial charge in [0.2, 0.25) is 0 Å². The monoisotopic (exact) mass is 289 g/mol. The third-order valence-corrected chi connectivity index (χ3v) is 5.10. The summed E-state index contributed by atoms with van der Waals surface area (Å²) in [7, 11) is 0. The summed E-state index contributed by atoms with van der Waals surface area (Å²) in [6.45, 7) is 2.90. The van der Waals surface area contributed by atoms with Crippen molar-refractivity contribution in [3.05, 3.63) is 51.7 Å². The summed E-state index contributed by atoms with van der Waals surface area (Å²) in [6, 6.07) is 12.0. The zero-order valence-electron chi connectivity index (χ0n) is 11.5. The third-order valence-electron chi connectivity index (χ3n) is 4.05. The van der Waals surface area contributed by atoms with Gasteiger partial charge in [-0.25, -0.2) is 0 Å². The molecule has 3 nitrogen and oxygen atoms in total. The fourth-order valence-corrected chi connectivity index (χ4v) is 3.77. The molecule has 20 heavy (non-hydrogen) atoms. The number of para-hydroxylation sites is 1. The van der Waals surface area contributed by atoms with Crippen molar-refractivity contribution in [2.24, 2.45) is 11.1 Å². The van der Waals surface area contributed by atoms with Crippen LogP contribution in [-0.4, -0.2) is 18.3 Å². The Morgan fingerprint density at radius 2 is 2.15 bits per heavy atom. The fourth-order valence-electron chi connectivity index (χ4n) is 2.76. The molecule has 2 unspecified atom stereocenters. The molecule has 1 aromatic heterocycles. The molecule has 0 bridgehead atoms. The van der Waals surface area contributed by atoms with Crippen LogP contribution in [0.2, 0.25) is 0 Å². The van der Waals surface area contributed by atoms with Crippen molar-refractivity contribution >= 4 is 11.3 Å². The molecule has 0 saturated carbocycles. The molecule has 0 saturated heterocycles. The average molecular weight is 289 g/mol. The molecule has 1 aliphatic rings. The van der Waals surface area contributed by atoms with Gasteiger partial charge in [0.25, 0.3) is 0 Å². The van der Waals surface area contributed by atoms with Crippen LogP contribution >= 0.6 is 11.3 Å². The highest BCUT2D eigenvalue weighted by Crippen LogP contribution is 2.43. The average Bonchev–Trinajstić information content (AvgIpc) is 2.92. The number of rotatable bonds is 3. The summed E-state index contributed by atoms with van der Waals surface area (Å²) in [4.78, 5) is 2.17. The Labute approximate surface area is 123 Å². The number of nitrogens with two attached hydrogens (primary N) is 1. The van der Waals surface area contributed by atoms with Crippen LogP contribution in [0.1, 0.15) is 21.4 Å². The first-order valence-corrected chi connectivity index (χ1v) is 7.61. The summed E-state index contributed by atoms with van der Waals surface area (Å²) >= 11 is 1.62. The van der Waals surface area contributed by atoms with E-state index in [0.29, 0.717) is 13.2 Å². The SMILES string of the molecule is Cc1ccc(C(O)C2(CN)COc3ccccc3C2)s1. The number of fused-ring (bicyclic) bond motifs is 1. The number of thiophene rings is 1. The van der Waals surface area contributed by atoms with Crippen LogP contribution < -0.4 is 10.5 Å². The lowest BCUT2D eigenvalue weighted by molar-refractivity contribution is -0.0140. The Morgan fingerprint density at radius 3 is 2.85 bits per heavy atom. The van der Waals surface area contributed by atoms with Gasteiger partial charge in [-0.15, -0.1) is 11.3 Å². The van der Waals surface area contributed by atoms with E-state index < -0.39 is 11.5 Å². The van der Waals surface area contributed by atoms with E-state index in [9.17, 15) is 5.11 Å². The van der Waals surface area contributed by atoms with Crippen LogP contribution in [0.15, 0.2) is 36.4 Å². The van der Waals surface area contributed by atoms with Gasteiger partial charge in [0.05, 0.1) is 18.1 Å². The normalized spacial score (nSPS) is 22.9. The lowest BCUT2D eigenvalue weighted by atomic mass is 9.75. The van der Waals surface area contributed by atoms with Crippen molar-refractivity contribution < 1.29 is 9.84 Å². The highest BCUT2D eigenvalue weighted by atomic mass is 32.1. The Hall–Kier alpha value is -1.36. The quantitative estimate of drug-likeness (QED) is 0.913. The van der Waals surface area contributed by atoms with Gasteiger partial charge in [-0.2, -0.15) is 0 Å². The van der Waals surface area contributed by atoms with Crippen LogP contribution in [0.3, 0.4) is 0 Å². The van der Waals surface area contributed by atoms with E-state index in [2.05, 4.69) is 0 Å². The Balaban J connectivity index is 1.93. The predicted molar refractivity (Wildman–Crippen MR) is 81.1 cm³/mol. The molecule has 0 spiro atoms. The van der Waals surface area contributed by atoms with Crippen molar-refractivity contribution in [1.82, 2.24) is 0 Å². The standard InChI is InChI=1S/C16H19NO2S/c1-11-6-7-14(20-11)15(18)16(9-17)8-12-4-2-3-5-13(12)19-10-16/h2-7,15,18H,8-10,17H2,1H3. The molecule has 2 atom stereocenters. The van der Waals surface area contributed by atoms with Crippen LogP contribution in [0.5, 0.6) is 5.75 Å². The third kappa shape index (κ3) is 2.24. The van der Waals surface area contributed by atoms with Crippen LogP contribution in [0, 0.1) is 12.3 Å². The number of hydrogen-bond donors (Lipinski definition) is 2. The van der Waals surface area contributed by atoms with Crippen LogP contribution in [-0.2, 0) is 6.42 Å². The number of hydrogen-bond acceptors (Lipinski definition) is 4. The molecule has 1 aliphatic heterocycles.